The van der Waals surface area contributed by atoms with Gasteiger partial charge in [-0.1, -0.05) is 5.21 Å². The number of sulfonamides is 1. The summed E-state index contributed by atoms with van der Waals surface area (Å²) in [5.74, 6) is -1.00. The zero-order valence-electron chi connectivity index (χ0n) is 11.3. The maximum absolute atomic E-state index is 12.3. The third-order valence-corrected chi connectivity index (χ3v) is 4.49. The molecule has 1 aromatic heterocycles. The maximum Gasteiger partial charge on any atom is 0.335 e. The number of benzene rings is 1. The van der Waals surface area contributed by atoms with Gasteiger partial charge in [0.05, 0.1) is 17.0 Å². The predicted molar refractivity (Wildman–Crippen MR) is 71.1 cm³/mol. The summed E-state index contributed by atoms with van der Waals surface area (Å²) >= 11 is 0. The van der Waals surface area contributed by atoms with Gasteiger partial charge in [-0.3, -0.25) is 0 Å². The van der Waals surface area contributed by atoms with Crippen LogP contribution in [0.15, 0.2) is 17.0 Å². The van der Waals surface area contributed by atoms with Gasteiger partial charge in [-0.25, -0.2) is 17.9 Å². The summed E-state index contributed by atoms with van der Waals surface area (Å²) in [5.41, 5.74) is 0.980. The van der Waals surface area contributed by atoms with E-state index in [9.17, 15) is 13.2 Å². The number of hydrogen-bond acceptors (Lipinski definition) is 6. The molecule has 0 radical (unpaired) electrons. The Kier molecular flexibility index (Phi) is 4.00. The van der Waals surface area contributed by atoms with Gasteiger partial charge in [0.2, 0.25) is 10.0 Å². The van der Waals surface area contributed by atoms with Gasteiger partial charge < -0.3 is 5.11 Å². The molecule has 0 unspecified atom stereocenters. The number of carbonyl (C=O) groups is 1. The average Bonchev–Trinajstić information content (AvgIpc) is 2.92. The highest BCUT2D eigenvalue weighted by molar-refractivity contribution is 7.89. The molecule has 0 saturated heterocycles. The summed E-state index contributed by atoms with van der Waals surface area (Å²) in [6.07, 6.45) is 0. The predicted octanol–water partition coefficient (Wildman–Crippen LogP) is -0.00676. The Balaban J connectivity index is 2.37. The van der Waals surface area contributed by atoms with E-state index in [1.165, 1.54) is 6.07 Å². The maximum atomic E-state index is 12.3. The highest BCUT2D eigenvalue weighted by atomic mass is 32.2. The number of aromatic nitrogens is 4. The summed E-state index contributed by atoms with van der Waals surface area (Å²) in [4.78, 5) is 11.0. The van der Waals surface area contributed by atoms with Gasteiger partial charge in [0.15, 0.2) is 5.82 Å². The van der Waals surface area contributed by atoms with E-state index in [1.54, 1.807) is 13.8 Å². The Bertz CT molecular complexity index is 770. The Hall–Kier alpha value is -2.33. The van der Waals surface area contributed by atoms with Crippen molar-refractivity contribution in [2.45, 2.75) is 25.3 Å². The first-order chi connectivity index (χ1) is 9.81. The standard InChI is InChI=1S/C11H13N5O4S/c1-6-3-8(11(17)18)4-9(7(6)2)21(19,20)12-5-10-13-15-16-14-10/h3-4,12H,5H2,1-2H3,(H,17,18)(H,13,14,15,16). The topological polar surface area (TPSA) is 138 Å². The van der Waals surface area contributed by atoms with Crippen LogP contribution in [0.25, 0.3) is 0 Å². The number of rotatable bonds is 5. The number of tetrazole rings is 1. The van der Waals surface area contributed by atoms with Crippen molar-refractivity contribution >= 4 is 16.0 Å². The van der Waals surface area contributed by atoms with Crippen LogP contribution in [-0.4, -0.2) is 40.1 Å². The first kappa shape index (κ1) is 15.1. The summed E-state index contributed by atoms with van der Waals surface area (Å²) in [5, 5.41) is 21.8. The van der Waals surface area contributed by atoms with Gasteiger partial charge in [-0.2, -0.15) is 5.21 Å². The molecule has 21 heavy (non-hydrogen) atoms. The fraction of sp³-hybridized carbons (Fsp3) is 0.273. The number of carboxylic acid groups (broad SMARTS) is 1. The molecule has 1 aromatic carbocycles. The molecule has 3 N–H and O–H groups in total. The molecule has 0 fully saturated rings. The molecule has 0 spiro atoms. The largest absolute Gasteiger partial charge is 0.478 e. The van der Waals surface area contributed by atoms with Crippen molar-refractivity contribution in [2.24, 2.45) is 0 Å². The van der Waals surface area contributed by atoms with Gasteiger partial charge in [0.1, 0.15) is 0 Å². The van der Waals surface area contributed by atoms with Gasteiger partial charge in [-0.15, -0.1) is 10.2 Å². The highest BCUT2D eigenvalue weighted by Crippen LogP contribution is 2.21. The average molecular weight is 311 g/mol. The van der Waals surface area contributed by atoms with Crippen LogP contribution in [0.1, 0.15) is 27.3 Å². The van der Waals surface area contributed by atoms with E-state index in [4.69, 9.17) is 5.11 Å². The Morgan fingerprint density at radius 1 is 1.38 bits per heavy atom. The minimum atomic E-state index is -3.88. The molecular weight excluding hydrogens is 298 g/mol. The molecule has 112 valence electrons. The SMILES string of the molecule is Cc1cc(C(=O)O)cc(S(=O)(=O)NCc2nn[nH]n2)c1C. The van der Waals surface area contributed by atoms with Crippen molar-refractivity contribution in [2.75, 3.05) is 0 Å². The number of aromatic carboxylic acids is 1. The normalized spacial score (nSPS) is 11.5. The van der Waals surface area contributed by atoms with Gasteiger partial charge in [0, 0.05) is 0 Å². The van der Waals surface area contributed by atoms with Gasteiger partial charge >= 0.3 is 5.97 Å². The second kappa shape index (κ2) is 5.58. The van der Waals surface area contributed by atoms with E-state index in [-0.39, 0.29) is 22.8 Å². The lowest BCUT2D eigenvalue weighted by Crippen LogP contribution is -2.25. The van der Waals surface area contributed by atoms with E-state index < -0.39 is 16.0 Å². The molecule has 2 aromatic rings. The molecule has 2 rings (SSSR count). The van der Waals surface area contributed by atoms with Crippen molar-refractivity contribution < 1.29 is 18.3 Å². The molecule has 0 aliphatic heterocycles. The van der Waals surface area contributed by atoms with Crippen molar-refractivity contribution in [3.05, 3.63) is 34.6 Å². The van der Waals surface area contributed by atoms with E-state index >= 15 is 0 Å². The van der Waals surface area contributed by atoms with Crippen LogP contribution in [0.4, 0.5) is 0 Å². The molecule has 0 atom stereocenters. The van der Waals surface area contributed by atoms with Crippen molar-refractivity contribution in [1.82, 2.24) is 25.3 Å². The quantitative estimate of drug-likeness (QED) is 0.706. The van der Waals surface area contributed by atoms with Crippen LogP contribution >= 0.6 is 0 Å². The van der Waals surface area contributed by atoms with Crippen LogP contribution < -0.4 is 4.72 Å². The monoisotopic (exact) mass is 311 g/mol. The van der Waals surface area contributed by atoms with E-state index in [2.05, 4.69) is 25.3 Å². The molecule has 1 heterocycles. The number of nitrogens with zero attached hydrogens (tertiary/aromatic N) is 3. The smallest absolute Gasteiger partial charge is 0.335 e. The lowest BCUT2D eigenvalue weighted by Gasteiger charge is -2.11. The Morgan fingerprint density at radius 2 is 2.10 bits per heavy atom. The van der Waals surface area contributed by atoms with Crippen LogP contribution in [0.3, 0.4) is 0 Å². The summed E-state index contributed by atoms with van der Waals surface area (Å²) in [6, 6.07) is 2.55. The van der Waals surface area contributed by atoms with Crippen LogP contribution in [-0.2, 0) is 16.6 Å². The van der Waals surface area contributed by atoms with Gasteiger partial charge in [0.25, 0.3) is 0 Å². The number of aromatic amines is 1. The zero-order chi connectivity index (χ0) is 15.6. The number of nitrogens with one attached hydrogen (secondary N) is 2. The fourth-order valence-electron chi connectivity index (χ4n) is 1.72. The summed E-state index contributed by atoms with van der Waals surface area (Å²) in [6.45, 7) is 3.12. The summed E-state index contributed by atoms with van der Waals surface area (Å²) < 4.78 is 26.9. The minimum Gasteiger partial charge on any atom is -0.478 e. The lowest BCUT2D eigenvalue weighted by molar-refractivity contribution is 0.0696. The van der Waals surface area contributed by atoms with Crippen molar-refractivity contribution in [3.63, 3.8) is 0 Å². The van der Waals surface area contributed by atoms with E-state index in [0.717, 1.165) is 6.07 Å². The number of hydrogen-bond donors (Lipinski definition) is 3. The van der Waals surface area contributed by atoms with Gasteiger partial charge in [-0.05, 0) is 37.1 Å². The number of H-pyrrole nitrogens is 1. The lowest BCUT2D eigenvalue weighted by atomic mass is 10.1. The minimum absolute atomic E-state index is 0.0802. The summed E-state index contributed by atoms with van der Waals surface area (Å²) in [7, 11) is -3.88. The van der Waals surface area contributed by atoms with Crippen molar-refractivity contribution in [3.8, 4) is 0 Å². The molecule has 0 bridgehead atoms. The van der Waals surface area contributed by atoms with Crippen LogP contribution in [0, 0.1) is 13.8 Å². The van der Waals surface area contributed by atoms with Crippen molar-refractivity contribution in [1.29, 1.82) is 0 Å². The number of carboxylic acids is 1. The number of aryl methyl sites for hydroxylation is 1. The van der Waals surface area contributed by atoms with E-state index in [1.807, 2.05) is 0 Å². The molecule has 10 heteroatoms. The Labute approximate surface area is 120 Å². The molecule has 0 aliphatic carbocycles. The first-order valence-corrected chi connectivity index (χ1v) is 7.36. The first-order valence-electron chi connectivity index (χ1n) is 5.88. The van der Waals surface area contributed by atoms with Crippen LogP contribution in [0.5, 0.6) is 0 Å². The molecule has 0 saturated carbocycles. The third-order valence-electron chi connectivity index (χ3n) is 2.97. The second-order valence-electron chi connectivity index (χ2n) is 4.37. The molecule has 0 aliphatic rings. The molecule has 0 amide bonds. The van der Waals surface area contributed by atoms with Crippen LogP contribution in [0.2, 0.25) is 0 Å². The Morgan fingerprint density at radius 3 is 2.67 bits per heavy atom. The third kappa shape index (κ3) is 3.23. The zero-order valence-corrected chi connectivity index (χ0v) is 12.1. The molecule has 9 nitrogen and oxygen atoms in total. The highest BCUT2D eigenvalue weighted by Gasteiger charge is 2.21. The second-order valence-corrected chi connectivity index (χ2v) is 6.11. The fourth-order valence-corrected chi connectivity index (χ4v) is 3.05. The molecular formula is C11H13N5O4S. The van der Waals surface area contributed by atoms with E-state index in [0.29, 0.717) is 11.1 Å².